The van der Waals surface area contributed by atoms with Crippen molar-refractivity contribution < 1.29 is 13.9 Å². The van der Waals surface area contributed by atoms with Gasteiger partial charge in [-0.05, 0) is 25.2 Å². The molecule has 0 bridgehead atoms. The van der Waals surface area contributed by atoms with Crippen molar-refractivity contribution in [2.75, 3.05) is 26.2 Å². The summed E-state index contributed by atoms with van der Waals surface area (Å²) in [6.45, 7) is 7.18. The molecule has 0 aliphatic carbocycles. The zero-order chi connectivity index (χ0) is 16.7. The van der Waals surface area contributed by atoms with Gasteiger partial charge in [0.2, 0.25) is 0 Å². The number of rotatable bonds is 7. The lowest BCUT2D eigenvalue weighted by molar-refractivity contribution is 0.137. The van der Waals surface area contributed by atoms with Crippen LogP contribution in [0.15, 0.2) is 39.5 Å². The quantitative estimate of drug-likeness (QED) is 0.794. The summed E-state index contributed by atoms with van der Waals surface area (Å²) in [5.41, 5.74) is 0.354. The van der Waals surface area contributed by atoms with Crippen molar-refractivity contribution in [3.05, 3.63) is 46.3 Å². The van der Waals surface area contributed by atoms with Gasteiger partial charge in [-0.2, -0.15) is 0 Å². The van der Waals surface area contributed by atoms with Crippen LogP contribution in [0.1, 0.15) is 19.4 Å². The third kappa shape index (κ3) is 4.82. The summed E-state index contributed by atoms with van der Waals surface area (Å²) in [5, 5.41) is 3.47. The first-order valence-electron chi connectivity index (χ1n) is 7.78. The zero-order valence-corrected chi connectivity index (χ0v) is 13.5. The first-order chi connectivity index (χ1) is 11.1. The van der Waals surface area contributed by atoms with Gasteiger partial charge in [-0.3, -0.25) is 0 Å². The fraction of sp³-hybridized carbons (Fsp3) is 0.412. The maximum atomic E-state index is 11.8. The van der Waals surface area contributed by atoms with Crippen molar-refractivity contribution in [1.29, 1.82) is 0 Å². The molecular weight excluding hydrogens is 296 g/mol. The highest BCUT2D eigenvalue weighted by atomic mass is 16.5. The molecule has 1 heterocycles. The van der Waals surface area contributed by atoms with Crippen molar-refractivity contribution >= 4 is 17.1 Å². The Balaban J connectivity index is 1.87. The molecule has 0 saturated heterocycles. The number of ether oxygens (including phenoxy) is 1. The predicted octanol–water partition coefficient (Wildman–Crippen LogP) is 2.36. The van der Waals surface area contributed by atoms with Gasteiger partial charge in [0, 0.05) is 18.5 Å². The zero-order valence-electron chi connectivity index (χ0n) is 13.5. The summed E-state index contributed by atoms with van der Waals surface area (Å²) in [4.78, 5) is 25.7. The van der Waals surface area contributed by atoms with Gasteiger partial charge >= 0.3 is 11.7 Å². The molecule has 1 N–H and O–H groups in total. The summed E-state index contributed by atoms with van der Waals surface area (Å²) in [6.07, 6.45) is -0.537. The van der Waals surface area contributed by atoms with Gasteiger partial charge in [-0.1, -0.05) is 32.0 Å². The molecule has 0 unspecified atom stereocenters. The number of nitrogens with one attached hydrogen (secondary N) is 1. The van der Waals surface area contributed by atoms with Crippen LogP contribution in [0.3, 0.4) is 0 Å². The number of benzene rings is 1. The fourth-order valence-electron chi connectivity index (χ4n) is 2.26. The van der Waals surface area contributed by atoms with E-state index in [1.54, 1.807) is 18.2 Å². The molecule has 1 aromatic heterocycles. The highest BCUT2D eigenvalue weighted by molar-refractivity contribution is 5.76. The minimum atomic E-state index is -0.537. The van der Waals surface area contributed by atoms with E-state index in [0.717, 1.165) is 25.0 Å². The lowest BCUT2D eigenvalue weighted by Crippen LogP contribution is -2.35. The summed E-state index contributed by atoms with van der Waals surface area (Å²) in [5.74, 6) is 0. The van der Waals surface area contributed by atoms with Crippen LogP contribution in [0, 0.1) is 0 Å². The lowest BCUT2D eigenvalue weighted by atomic mass is 10.2. The van der Waals surface area contributed by atoms with Crippen LogP contribution in [-0.4, -0.2) is 37.2 Å². The molecule has 0 atom stereocenters. The Kier molecular flexibility index (Phi) is 6.17. The van der Waals surface area contributed by atoms with Crippen LogP contribution in [0.25, 0.3) is 11.0 Å². The molecule has 2 aromatic rings. The van der Waals surface area contributed by atoms with Gasteiger partial charge < -0.3 is 19.4 Å². The molecule has 124 valence electrons. The minimum absolute atomic E-state index is 0.107. The van der Waals surface area contributed by atoms with Crippen LogP contribution in [-0.2, 0) is 11.3 Å². The Bertz CT molecular complexity index is 707. The number of carbonyl (C=O) groups is 1. The number of carbonyl (C=O) groups excluding carboxylic acids is 1. The smallest absolute Gasteiger partial charge is 0.407 e. The molecule has 2 rings (SSSR count). The van der Waals surface area contributed by atoms with E-state index in [1.807, 2.05) is 12.1 Å². The second-order valence-corrected chi connectivity index (χ2v) is 5.13. The molecule has 6 heteroatoms. The largest absolute Gasteiger partial charge is 0.444 e. The van der Waals surface area contributed by atoms with Gasteiger partial charge in [-0.25, -0.2) is 9.59 Å². The van der Waals surface area contributed by atoms with Crippen molar-refractivity contribution in [2.45, 2.75) is 20.5 Å². The van der Waals surface area contributed by atoms with Crippen molar-refractivity contribution in [1.82, 2.24) is 10.2 Å². The normalized spacial score (nSPS) is 10.9. The van der Waals surface area contributed by atoms with Crippen molar-refractivity contribution in [2.24, 2.45) is 0 Å². The molecule has 0 fully saturated rings. The van der Waals surface area contributed by atoms with Crippen LogP contribution in [0.4, 0.5) is 4.79 Å². The van der Waals surface area contributed by atoms with E-state index >= 15 is 0 Å². The number of hydrogen-bond donors (Lipinski definition) is 1. The number of amides is 1. The third-order valence-corrected chi connectivity index (χ3v) is 3.66. The average molecular weight is 318 g/mol. The lowest BCUT2D eigenvalue weighted by Gasteiger charge is -2.17. The molecule has 0 aliphatic rings. The van der Waals surface area contributed by atoms with Gasteiger partial charge in [0.05, 0.1) is 5.56 Å². The topological polar surface area (TPSA) is 71.8 Å². The Hall–Kier alpha value is -2.34. The highest BCUT2D eigenvalue weighted by Gasteiger charge is 2.09. The van der Waals surface area contributed by atoms with Crippen LogP contribution >= 0.6 is 0 Å². The highest BCUT2D eigenvalue weighted by Crippen LogP contribution is 2.12. The van der Waals surface area contributed by atoms with Crippen LogP contribution in [0.2, 0.25) is 0 Å². The van der Waals surface area contributed by atoms with E-state index in [4.69, 9.17) is 9.15 Å². The maximum Gasteiger partial charge on any atom is 0.407 e. The summed E-state index contributed by atoms with van der Waals surface area (Å²) in [7, 11) is 0. The summed E-state index contributed by atoms with van der Waals surface area (Å²) >= 11 is 0. The van der Waals surface area contributed by atoms with Crippen molar-refractivity contribution in [3.63, 3.8) is 0 Å². The number of alkyl carbamates (subject to hydrolysis) is 1. The van der Waals surface area contributed by atoms with Crippen molar-refractivity contribution in [3.8, 4) is 0 Å². The van der Waals surface area contributed by atoms with Gasteiger partial charge in [0.1, 0.15) is 12.2 Å². The average Bonchev–Trinajstić information content (AvgIpc) is 2.57. The minimum Gasteiger partial charge on any atom is -0.444 e. The number of fused-ring (bicyclic) bond motifs is 1. The maximum absolute atomic E-state index is 11.8. The molecular formula is C17H22N2O4. The Labute approximate surface area is 135 Å². The molecule has 0 aliphatic heterocycles. The van der Waals surface area contributed by atoms with Gasteiger partial charge in [-0.15, -0.1) is 0 Å². The van der Waals surface area contributed by atoms with Gasteiger partial charge in [0.25, 0.3) is 0 Å². The summed E-state index contributed by atoms with van der Waals surface area (Å²) in [6, 6.07) is 8.90. The molecule has 23 heavy (non-hydrogen) atoms. The molecule has 1 aromatic carbocycles. The third-order valence-electron chi connectivity index (χ3n) is 3.66. The molecule has 1 amide bonds. The van der Waals surface area contributed by atoms with Crippen LogP contribution in [0.5, 0.6) is 0 Å². The number of nitrogens with zero attached hydrogens (tertiary/aromatic N) is 1. The molecule has 6 nitrogen and oxygen atoms in total. The fourth-order valence-corrected chi connectivity index (χ4v) is 2.26. The number of para-hydroxylation sites is 1. The first-order valence-corrected chi connectivity index (χ1v) is 7.78. The molecule has 0 saturated carbocycles. The monoisotopic (exact) mass is 318 g/mol. The van der Waals surface area contributed by atoms with E-state index in [0.29, 0.717) is 17.7 Å². The van der Waals surface area contributed by atoms with Crippen LogP contribution < -0.4 is 10.9 Å². The number of hydrogen-bond acceptors (Lipinski definition) is 5. The Morgan fingerprint density at radius 1 is 1.26 bits per heavy atom. The first kappa shape index (κ1) is 17.0. The standard InChI is InChI=1S/C17H22N2O4/c1-3-19(4-2)10-9-18-17(21)22-12-14-11-13-7-5-6-8-15(13)23-16(14)20/h5-8,11H,3-4,9-10,12H2,1-2H3,(H,18,21). The Morgan fingerprint density at radius 3 is 2.74 bits per heavy atom. The van der Waals surface area contributed by atoms with E-state index in [2.05, 4.69) is 24.1 Å². The van der Waals surface area contributed by atoms with E-state index in [9.17, 15) is 9.59 Å². The number of likely N-dealkylation sites (N-methyl/N-ethyl adjacent to an activating group) is 1. The van der Waals surface area contributed by atoms with E-state index in [1.165, 1.54) is 0 Å². The molecule has 0 spiro atoms. The van der Waals surface area contributed by atoms with Gasteiger partial charge in [0.15, 0.2) is 0 Å². The van der Waals surface area contributed by atoms with E-state index < -0.39 is 11.7 Å². The Morgan fingerprint density at radius 2 is 2.00 bits per heavy atom. The SMILES string of the molecule is CCN(CC)CCNC(=O)OCc1cc2ccccc2oc1=O. The predicted molar refractivity (Wildman–Crippen MR) is 88.5 cm³/mol. The second kappa shape index (κ2) is 8.33. The van der Waals surface area contributed by atoms with E-state index in [-0.39, 0.29) is 6.61 Å². The summed E-state index contributed by atoms with van der Waals surface area (Å²) < 4.78 is 10.3. The second-order valence-electron chi connectivity index (χ2n) is 5.13. The molecule has 0 radical (unpaired) electrons.